The molecule has 3 amide bonds. The number of ether oxygens (including phenoxy) is 1. The third kappa shape index (κ3) is 5.94. The van der Waals surface area contributed by atoms with Gasteiger partial charge in [0, 0.05) is 36.6 Å². The molecule has 3 rings (SSSR count). The molecule has 1 aromatic heterocycles. The average Bonchev–Trinajstić information content (AvgIpc) is 3.21. The number of anilines is 1. The van der Waals surface area contributed by atoms with Gasteiger partial charge in [-0.15, -0.1) is 11.3 Å². The average molecular weight is 537 g/mol. The minimum absolute atomic E-state index is 0.100. The number of benzene rings is 1. The van der Waals surface area contributed by atoms with Crippen LogP contribution in [0.5, 0.6) is 0 Å². The molecule has 0 fully saturated rings. The summed E-state index contributed by atoms with van der Waals surface area (Å²) >= 11 is 1.30. The first kappa shape index (κ1) is 27.8. The lowest BCUT2D eigenvalue weighted by Gasteiger charge is -2.25. The van der Waals surface area contributed by atoms with Gasteiger partial charge in [0.1, 0.15) is 5.00 Å². The number of likely N-dealkylation sites (N-methyl/N-ethyl adjacent to an activating group) is 1. The van der Waals surface area contributed by atoms with E-state index in [-0.39, 0.29) is 22.6 Å². The summed E-state index contributed by atoms with van der Waals surface area (Å²) in [5, 5.41) is 5.36. The van der Waals surface area contributed by atoms with E-state index in [4.69, 9.17) is 4.74 Å². The highest BCUT2D eigenvalue weighted by atomic mass is 32.2. The number of thiophene rings is 1. The maximum Gasteiger partial charge on any atom is 0.414 e. The highest BCUT2D eigenvalue weighted by Crippen LogP contribution is 2.37. The second-order valence-corrected chi connectivity index (χ2v) is 11.1. The number of rotatable bonds is 9. The predicted octanol–water partition coefficient (Wildman–Crippen LogP) is 3.30. The molecule has 0 bridgehead atoms. The van der Waals surface area contributed by atoms with Crippen molar-refractivity contribution in [3.8, 4) is 0 Å². The summed E-state index contributed by atoms with van der Waals surface area (Å²) in [5.74, 6) is -1.12. The lowest BCUT2D eigenvalue weighted by molar-refractivity contribution is 0.0924. The van der Waals surface area contributed by atoms with Gasteiger partial charge >= 0.3 is 6.09 Å². The molecule has 0 saturated carbocycles. The lowest BCUT2D eigenvalue weighted by Crippen LogP contribution is -2.34. The van der Waals surface area contributed by atoms with Crippen molar-refractivity contribution in [3.63, 3.8) is 0 Å². The number of sulfonamides is 1. The van der Waals surface area contributed by atoms with Crippen LogP contribution < -0.4 is 10.6 Å². The van der Waals surface area contributed by atoms with Crippen molar-refractivity contribution >= 4 is 44.3 Å². The molecule has 196 valence electrons. The maximum absolute atomic E-state index is 13.1. The number of nitrogens with zero attached hydrogens (tertiary/aromatic N) is 2. The van der Waals surface area contributed by atoms with Crippen molar-refractivity contribution in [2.45, 2.75) is 45.6 Å². The Kier molecular flexibility index (Phi) is 9.23. The Morgan fingerprint density at radius 3 is 2.31 bits per heavy atom. The van der Waals surface area contributed by atoms with Crippen LogP contribution in [-0.4, -0.2) is 68.3 Å². The van der Waals surface area contributed by atoms with E-state index < -0.39 is 27.9 Å². The molecule has 1 aliphatic rings. The summed E-state index contributed by atoms with van der Waals surface area (Å²) in [5.41, 5.74) is 1.31. The SMILES string of the molecule is CCOC(=O)NC(=O)c1c(NC(=O)c2ccc(S(=O)(=O)N(CC)CC)cc2)sc2c1CCN(CC)C2. The molecule has 0 atom stereocenters. The third-order valence-electron chi connectivity index (χ3n) is 5.99. The van der Waals surface area contributed by atoms with E-state index in [9.17, 15) is 22.8 Å². The summed E-state index contributed by atoms with van der Waals surface area (Å²) in [4.78, 5) is 41.2. The largest absolute Gasteiger partial charge is 0.450 e. The standard InChI is InChI=1S/C24H32N4O6S2/c1-5-27-14-13-18-19(15-27)35-23(20(18)22(30)26-24(31)34-8-4)25-21(29)16-9-11-17(12-10-16)36(32,33)28(6-2)7-3/h9-12H,5-8,13-15H2,1-4H3,(H,25,29)(H,26,30,31). The highest BCUT2D eigenvalue weighted by molar-refractivity contribution is 7.89. The fourth-order valence-corrected chi connectivity index (χ4v) is 6.78. The zero-order valence-corrected chi connectivity index (χ0v) is 22.6. The Morgan fingerprint density at radius 2 is 1.72 bits per heavy atom. The molecule has 0 aliphatic carbocycles. The smallest absolute Gasteiger partial charge is 0.414 e. The molecule has 1 aliphatic heterocycles. The Hall–Kier alpha value is -2.80. The first-order valence-corrected chi connectivity index (χ1v) is 14.2. The molecule has 36 heavy (non-hydrogen) atoms. The monoisotopic (exact) mass is 536 g/mol. The third-order valence-corrected chi connectivity index (χ3v) is 9.18. The Morgan fingerprint density at radius 1 is 1.06 bits per heavy atom. The van der Waals surface area contributed by atoms with Crippen LogP contribution in [0.4, 0.5) is 9.80 Å². The van der Waals surface area contributed by atoms with Crippen molar-refractivity contribution in [1.29, 1.82) is 0 Å². The second kappa shape index (κ2) is 12.0. The number of hydrogen-bond donors (Lipinski definition) is 2. The van der Waals surface area contributed by atoms with Crippen LogP contribution in [0.3, 0.4) is 0 Å². The molecule has 0 unspecified atom stereocenters. The fraction of sp³-hybridized carbons (Fsp3) is 0.458. The van der Waals surface area contributed by atoms with E-state index in [1.54, 1.807) is 20.8 Å². The molecular weight excluding hydrogens is 504 g/mol. The van der Waals surface area contributed by atoms with Crippen LogP contribution in [0, 0.1) is 0 Å². The van der Waals surface area contributed by atoms with E-state index in [1.807, 2.05) is 0 Å². The molecule has 2 heterocycles. The molecular formula is C24H32N4O6S2. The van der Waals surface area contributed by atoms with Crippen LogP contribution in [0.1, 0.15) is 58.9 Å². The van der Waals surface area contributed by atoms with E-state index >= 15 is 0 Å². The summed E-state index contributed by atoms with van der Waals surface area (Å²) in [6.45, 7) is 10.3. The Bertz CT molecular complexity index is 1220. The molecule has 0 radical (unpaired) electrons. The normalized spacial score (nSPS) is 13.8. The van der Waals surface area contributed by atoms with Crippen molar-refractivity contribution in [3.05, 3.63) is 45.8 Å². The van der Waals surface area contributed by atoms with Crippen molar-refractivity contribution < 1.29 is 27.5 Å². The van der Waals surface area contributed by atoms with Gasteiger partial charge in [0.15, 0.2) is 0 Å². The van der Waals surface area contributed by atoms with Crippen molar-refractivity contribution in [1.82, 2.24) is 14.5 Å². The number of amides is 3. The van der Waals surface area contributed by atoms with Gasteiger partial charge in [0.05, 0.1) is 17.1 Å². The summed E-state index contributed by atoms with van der Waals surface area (Å²) < 4.78 is 31.6. The molecule has 2 aromatic rings. The molecule has 12 heteroatoms. The number of imide groups is 1. The highest BCUT2D eigenvalue weighted by Gasteiger charge is 2.30. The van der Waals surface area contributed by atoms with Gasteiger partial charge in [0.25, 0.3) is 11.8 Å². The first-order valence-electron chi connectivity index (χ1n) is 11.9. The molecule has 0 spiro atoms. The predicted molar refractivity (Wildman–Crippen MR) is 138 cm³/mol. The van der Waals surface area contributed by atoms with Crippen molar-refractivity contribution in [2.24, 2.45) is 0 Å². The fourth-order valence-electron chi connectivity index (χ4n) is 4.04. The first-order chi connectivity index (χ1) is 17.2. The van der Waals surface area contributed by atoms with Gasteiger partial charge < -0.3 is 10.1 Å². The number of fused-ring (bicyclic) bond motifs is 1. The molecule has 0 saturated heterocycles. The van der Waals surface area contributed by atoms with Gasteiger partial charge in [-0.05, 0) is 49.7 Å². The van der Waals surface area contributed by atoms with Crippen LogP contribution in [0.25, 0.3) is 0 Å². The van der Waals surface area contributed by atoms with Crippen molar-refractivity contribution in [2.75, 3.05) is 38.1 Å². The molecule has 10 nitrogen and oxygen atoms in total. The number of hydrogen-bond acceptors (Lipinski definition) is 8. The summed E-state index contributed by atoms with van der Waals surface area (Å²) in [7, 11) is -3.64. The van der Waals surface area contributed by atoms with Gasteiger partial charge in [0.2, 0.25) is 10.0 Å². The van der Waals surface area contributed by atoms with Gasteiger partial charge in [-0.1, -0.05) is 20.8 Å². The number of alkyl carbamates (subject to hydrolysis) is 1. The van der Waals surface area contributed by atoms with Crippen LogP contribution in [0.2, 0.25) is 0 Å². The van der Waals surface area contributed by atoms with Gasteiger partial charge in [-0.2, -0.15) is 4.31 Å². The number of nitrogens with one attached hydrogen (secondary N) is 2. The number of carbonyl (C=O) groups excluding carboxylic acids is 3. The van der Waals surface area contributed by atoms with Crippen LogP contribution in [-0.2, 0) is 27.7 Å². The van der Waals surface area contributed by atoms with E-state index in [2.05, 4.69) is 22.5 Å². The zero-order chi connectivity index (χ0) is 26.5. The van der Waals surface area contributed by atoms with E-state index in [1.165, 1.54) is 39.9 Å². The lowest BCUT2D eigenvalue weighted by atomic mass is 10.0. The Labute approximate surface area is 215 Å². The summed E-state index contributed by atoms with van der Waals surface area (Å²) in [6.07, 6.45) is -0.241. The van der Waals surface area contributed by atoms with Crippen LogP contribution in [0.15, 0.2) is 29.2 Å². The van der Waals surface area contributed by atoms with Gasteiger partial charge in [-0.25, -0.2) is 13.2 Å². The summed E-state index contributed by atoms with van der Waals surface area (Å²) in [6, 6.07) is 5.68. The maximum atomic E-state index is 13.1. The van der Waals surface area contributed by atoms with E-state index in [0.29, 0.717) is 31.1 Å². The van der Waals surface area contributed by atoms with Gasteiger partial charge in [-0.3, -0.25) is 19.8 Å². The topological polar surface area (TPSA) is 125 Å². The molecule has 1 aromatic carbocycles. The Balaban J connectivity index is 1.88. The van der Waals surface area contributed by atoms with E-state index in [0.717, 1.165) is 23.5 Å². The van der Waals surface area contributed by atoms with Crippen LogP contribution >= 0.6 is 11.3 Å². The molecule has 2 N–H and O–H groups in total. The number of carbonyl (C=O) groups is 3. The second-order valence-electron chi connectivity index (χ2n) is 8.07. The zero-order valence-electron chi connectivity index (χ0n) is 20.9. The minimum atomic E-state index is -3.64. The quantitative estimate of drug-likeness (QED) is 0.504. The minimum Gasteiger partial charge on any atom is -0.450 e.